The molecule has 5 N–H and O–H groups in total. The van der Waals surface area contributed by atoms with Crippen LogP contribution >= 0.6 is 0 Å². The summed E-state index contributed by atoms with van der Waals surface area (Å²) >= 11 is 0. The highest BCUT2D eigenvalue weighted by Crippen LogP contribution is 2.30. The number of allylic oxidation sites excluding steroid dienone is 5. The van der Waals surface area contributed by atoms with Crippen molar-refractivity contribution < 1.29 is 4.39 Å². The van der Waals surface area contributed by atoms with E-state index in [1.54, 1.807) is 19.1 Å². The van der Waals surface area contributed by atoms with Gasteiger partial charge in [0, 0.05) is 23.2 Å². The zero-order valence-electron chi connectivity index (χ0n) is 16.7. The molecule has 0 bridgehead atoms. The molecule has 2 rings (SSSR count). The molecule has 0 saturated carbocycles. The van der Waals surface area contributed by atoms with Gasteiger partial charge >= 0.3 is 0 Å². The highest BCUT2D eigenvalue weighted by Gasteiger charge is 2.09. The molecule has 0 aromatic heterocycles. The van der Waals surface area contributed by atoms with Crippen LogP contribution in [-0.4, -0.2) is 6.21 Å². The monoisotopic (exact) mass is 377 g/mol. The van der Waals surface area contributed by atoms with Crippen molar-refractivity contribution in [2.24, 2.45) is 5.73 Å². The van der Waals surface area contributed by atoms with E-state index >= 15 is 0 Å². The molecule has 0 saturated heterocycles. The van der Waals surface area contributed by atoms with Crippen LogP contribution in [0.25, 0.3) is 11.1 Å². The molecular formula is C24H28FN3. The van der Waals surface area contributed by atoms with E-state index in [4.69, 9.17) is 16.9 Å². The zero-order valence-corrected chi connectivity index (χ0v) is 16.7. The Morgan fingerprint density at radius 2 is 1.82 bits per heavy atom. The lowest BCUT2D eigenvalue weighted by Crippen LogP contribution is -1.97. The first-order valence-corrected chi connectivity index (χ1v) is 9.38. The van der Waals surface area contributed by atoms with Crippen molar-refractivity contribution in [3.63, 3.8) is 0 Å². The van der Waals surface area contributed by atoms with Crippen molar-refractivity contribution in [3.8, 4) is 0 Å². The van der Waals surface area contributed by atoms with Crippen molar-refractivity contribution in [3.05, 3.63) is 88.4 Å². The van der Waals surface area contributed by atoms with Gasteiger partial charge < -0.3 is 16.9 Å². The third kappa shape index (κ3) is 5.19. The second-order valence-corrected chi connectivity index (χ2v) is 6.82. The molecule has 0 atom stereocenters. The summed E-state index contributed by atoms with van der Waals surface area (Å²) in [7, 11) is 0. The number of anilines is 1. The van der Waals surface area contributed by atoms with E-state index in [9.17, 15) is 4.39 Å². The van der Waals surface area contributed by atoms with Gasteiger partial charge in [0.15, 0.2) is 0 Å². The van der Waals surface area contributed by atoms with Gasteiger partial charge in [0.1, 0.15) is 5.82 Å². The van der Waals surface area contributed by atoms with Gasteiger partial charge in [-0.15, -0.1) is 0 Å². The second-order valence-electron chi connectivity index (χ2n) is 6.82. The Morgan fingerprint density at radius 3 is 2.46 bits per heavy atom. The predicted molar refractivity (Wildman–Crippen MR) is 119 cm³/mol. The summed E-state index contributed by atoms with van der Waals surface area (Å²) in [6.45, 7) is 5.86. The van der Waals surface area contributed by atoms with E-state index in [1.807, 2.05) is 43.4 Å². The fourth-order valence-electron chi connectivity index (χ4n) is 2.90. The van der Waals surface area contributed by atoms with Crippen molar-refractivity contribution in [1.29, 1.82) is 5.41 Å². The topological polar surface area (TPSA) is 75.9 Å². The van der Waals surface area contributed by atoms with Gasteiger partial charge in [-0.25, -0.2) is 4.39 Å². The summed E-state index contributed by atoms with van der Waals surface area (Å²) in [5.74, 6) is -0.223. The van der Waals surface area contributed by atoms with Crippen LogP contribution in [-0.2, 0) is 0 Å². The molecule has 0 heterocycles. The van der Waals surface area contributed by atoms with Gasteiger partial charge in [0.2, 0.25) is 0 Å². The standard InChI is InChI=1S/C24H28FN3/c1-4-5-6-21(27)9-10-22(19-8-12-24(28)20(14-19)15-26)17(3)18-7-11-23(25)16(2)13-18/h6-15,26H,4-5,27-28H2,1-3H3/b10-9-,21-6-,22-17-,26-15?. The van der Waals surface area contributed by atoms with Crippen LogP contribution in [0.5, 0.6) is 0 Å². The Kier molecular flexibility index (Phi) is 7.33. The molecule has 0 unspecified atom stereocenters. The van der Waals surface area contributed by atoms with Crippen LogP contribution in [0.1, 0.15) is 48.9 Å². The number of aryl methyl sites for hydroxylation is 1. The Labute approximate surface area is 166 Å². The number of nitrogens with two attached hydrogens (primary N) is 2. The van der Waals surface area contributed by atoms with Crippen molar-refractivity contribution in [2.75, 3.05) is 5.73 Å². The highest BCUT2D eigenvalue weighted by molar-refractivity contribution is 5.97. The molecule has 0 aliphatic heterocycles. The van der Waals surface area contributed by atoms with Gasteiger partial charge in [-0.05, 0) is 78.4 Å². The maximum atomic E-state index is 13.7. The second kappa shape index (κ2) is 9.70. The molecule has 0 radical (unpaired) electrons. The summed E-state index contributed by atoms with van der Waals surface area (Å²) < 4.78 is 13.7. The maximum Gasteiger partial charge on any atom is 0.126 e. The molecule has 0 fully saturated rings. The van der Waals surface area contributed by atoms with Crippen LogP contribution in [0.15, 0.2) is 60.3 Å². The molecule has 4 heteroatoms. The number of hydrogen-bond donors (Lipinski definition) is 3. The third-order valence-electron chi connectivity index (χ3n) is 4.66. The van der Waals surface area contributed by atoms with E-state index in [2.05, 4.69) is 6.92 Å². The fraction of sp³-hybridized carbons (Fsp3) is 0.208. The lowest BCUT2D eigenvalue weighted by molar-refractivity contribution is 0.618. The van der Waals surface area contributed by atoms with E-state index in [1.165, 1.54) is 12.3 Å². The largest absolute Gasteiger partial charge is 0.399 e. The average molecular weight is 378 g/mol. The lowest BCUT2D eigenvalue weighted by atomic mass is 9.93. The first-order chi connectivity index (χ1) is 13.4. The minimum absolute atomic E-state index is 0.223. The summed E-state index contributed by atoms with van der Waals surface area (Å²) in [6.07, 6.45) is 9.04. The Hall–Kier alpha value is -3.14. The van der Waals surface area contributed by atoms with Crippen LogP contribution in [0.4, 0.5) is 10.1 Å². The van der Waals surface area contributed by atoms with Gasteiger partial charge in [-0.3, -0.25) is 0 Å². The third-order valence-corrected chi connectivity index (χ3v) is 4.66. The molecular weight excluding hydrogens is 349 g/mol. The highest BCUT2D eigenvalue weighted by atomic mass is 19.1. The summed E-state index contributed by atoms with van der Waals surface area (Å²) in [5, 5.41) is 7.58. The summed E-state index contributed by atoms with van der Waals surface area (Å²) in [5.41, 5.74) is 18.3. The first-order valence-electron chi connectivity index (χ1n) is 9.38. The van der Waals surface area contributed by atoms with Crippen molar-refractivity contribution in [2.45, 2.75) is 33.6 Å². The SMILES string of the molecule is CCC/C=C(N)/C=C\C(=C(/C)c1ccc(F)c(C)c1)c1ccc(N)c(C=N)c1. The first kappa shape index (κ1) is 21.2. The molecule has 2 aromatic rings. The zero-order chi connectivity index (χ0) is 20.7. The van der Waals surface area contributed by atoms with E-state index in [0.717, 1.165) is 35.1 Å². The van der Waals surface area contributed by atoms with Crippen molar-refractivity contribution in [1.82, 2.24) is 0 Å². The van der Waals surface area contributed by atoms with Crippen LogP contribution < -0.4 is 11.5 Å². The van der Waals surface area contributed by atoms with E-state index in [-0.39, 0.29) is 5.82 Å². The van der Waals surface area contributed by atoms with Gasteiger partial charge in [0.25, 0.3) is 0 Å². The van der Waals surface area contributed by atoms with Crippen molar-refractivity contribution >= 4 is 23.0 Å². The molecule has 28 heavy (non-hydrogen) atoms. The Balaban J connectivity index is 2.62. The minimum Gasteiger partial charge on any atom is -0.399 e. The van der Waals surface area contributed by atoms with Crippen LogP contribution in [0.3, 0.4) is 0 Å². The Bertz CT molecular complexity index is 952. The number of halogens is 1. The quantitative estimate of drug-likeness (QED) is 0.245. The molecule has 2 aromatic carbocycles. The Morgan fingerprint density at radius 1 is 1.11 bits per heavy atom. The van der Waals surface area contributed by atoms with Gasteiger partial charge in [-0.1, -0.05) is 37.6 Å². The van der Waals surface area contributed by atoms with Gasteiger partial charge in [0.05, 0.1) is 0 Å². The molecule has 146 valence electrons. The molecule has 0 aliphatic rings. The van der Waals surface area contributed by atoms with Crippen LogP contribution in [0.2, 0.25) is 0 Å². The summed E-state index contributed by atoms with van der Waals surface area (Å²) in [4.78, 5) is 0. The minimum atomic E-state index is -0.223. The van der Waals surface area contributed by atoms with Crippen LogP contribution in [0, 0.1) is 18.2 Å². The number of nitrogen functional groups attached to an aromatic ring is 1. The lowest BCUT2D eigenvalue weighted by Gasteiger charge is -2.13. The molecule has 3 nitrogen and oxygen atoms in total. The maximum absolute atomic E-state index is 13.7. The molecule has 0 aliphatic carbocycles. The number of nitrogens with one attached hydrogen (secondary N) is 1. The summed E-state index contributed by atoms with van der Waals surface area (Å²) in [6, 6.07) is 10.7. The molecule has 0 amide bonds. The predicted octanol–water partition coefficient (Wildman–Crippen LogP) is 5.84. The van der Waals surface area contributed by atoms with E-state index in [0.29, 0.717) is 22.5 Å². The smallest absolute Gasteiger partial charge is 0.126 e. The average Bonchev–Trinajstić information content (AvgIpc) is 2.69. The number of unbranched alkanes of at least 4 members (excludes halogenated alkanes) is 1. The molecule has 0 spiro atoms. The normalized spacial score (nSPS) is 12.9. The number of hydrogen-bond acceptors (Lipinski definition) is 3. The van der Waals surface area contributed by atoms with E-state index < -0.39 is 0 Å². The fourth-order valence-corrected chi connectivity index (χ4v) is 2.90. The number of benzene rings is 2. The van der Waals surface area contributed by atoms with Gasteiger partial charge in [-0.2, -0.15) is 0 Å². The number of rotatable bonds is 7.